The van der Waals surface area contributed by atoms with Crippen LogP contribution >= 0.6 is 0 Å². The van der Waals surface area contributed by atoms with Crippen molar-refractivity contribution in [3.63, 3.8) is 0 Å². The normalized spacial score (nSPS) is 26.9. The lowest BCUT2D eigenvalue weighted by Crippen LogP contribution is -2.48. The van der Waals surface area contributed by atoms with E-state index >= 15 is 0 Å². The van der Waals surface area contributed by atoms with Gasteiger partial charge in [0.05, 0.1) is 0 Å². The van der Waals surface area contributed by atoms with E-state index in [0.29, 0.717) is 5.92 Å². The minimum Gasteiger partial charge on any atom is -0.402 e. The molecule has 0 aromatic rings. The Morgan fingerprint density at radius 2 is 2.06 bits per heavy atom. The Bertz CT molecular complexity index is 375. The highest BCUT2D eigenvalue weighted by Gasteiger charge is 2.28. The average Bonchev–Trinajstić information content (AvgIpc) is 2.68. The molecule has 18 heavy (non-hydrogen) atoms. The molecule has 4 nitrogen and oxygen atoms in total. The predicted octanol–water partition coefficient (Wildman–Crippen LogP) is 1.42. The van der Waals surface area contributed by atoms with Crippen molar-refractivity contribution in [3.8, 4) is 0 Å². The zero-order valence-corrected chi connectivity index (χ0v) is 11.5. The third-order valence-electron chi connectivity index (χ3n) is 3.94. The summed E-state index contributed by atoms with van der Waals surface area (Å²) in [5, 5.41) is 0. The number of hydrogen-bond acceptors (Lipinski definition) is 3. The summed E-state index contributed by atoms with van der Waals surface area (Å²) in [6.07, 6.45) is 3.78. The number of rotatable bonds is 2. The molecule has 1 unspecified atom stereocenters. The zero-order chi connectivity index (χ0) is 13.1. The minimum atomic E-state index is 0.517. The third kappa shape index (κ3) is 2.58. The highest BCUT2D eigenvalue weighted by atomic mass is 15.3. The molecule has 0 saturated carbocycles. The van der Waals surface area contributed by atoms with Crippen LogP contribution in [-0.4, -0.2) is 48.9 Å². The average molecular weight is 248 g/mol. The summed E-state index contributed by atoms with van der Waals surface area (Å²) in [4.78, 5) is 9.20. The van der Waals surface area contributed by atoms with Crippen LogP contribution in [-0.2, 0) is 0 Å². The highest BCUT2D eigenvalue weighted by molar-refractivity contribution is 6.00. The van der Waals surface area contributed by atoms with E-state index in [9.17, 15) is 0 Å². The maximum Gasteiger partial charge on any atom is 0.133 e. The summed E-state index contributed by atoms with van der Waals surface area (Å²) >= 11 is 0. The molecule has 1 atom stereocenters. The van der Waals surface area contributed by atoms with Gasteiger partial charge in [0.1, 0.15) is 5.84 Å². The first-order valence-corrected chi connectivity index (χ1v) is 6.74. The number of allylic oxidation sites excluding steroid dienone is 1. The molecule has 4 heteroatoms. The minimum absolute atomic E-state index is 0.517. The summed E-state index contributed by atoms with van der Waals surface area (Å²) in [5.74, 6) is 1.57. The van der Waals surface area contributed by atoms with Crippen molar-refractivity contribution in [2.24, 2.45) is 16.6 Å². The second kappa shape index (κ2) is 5.57. The fourth-order valence-corrected chi connectivity index (χ4v) is 2.76. The summed E-state index contributed by atoms with van der Waals surface area (Å²) in [7, 11) is 2.16. The Hall–Kier alpha value is -1.29. The third-order valence-corrected chi connectivity index (χ3v) is 3.94. The van der Waals surface area contributed by atoms with Gasteiger partial charge in [-0.15, -0.1) is 0 Å². The second-order valence-electron chi connectivity index (χ2n) is 5.30. The van der Waals surface area contributed by atoms with Gasteiger partial charge in [-0.3, -0.25) is 0 Å². The zero-order valence-electron chi connectivity index (χ0n) is 11.5. The topological polar surface area (TPSA) is 44.9 Å². The van der Waals surface area contributed by atoms with Crippen LogP contribution in [0.3, 0.4) is 0 Å². The lowest BCUT2D eigenvalue weighted by atomic mass is 10.0. The number of piperazine rings is 1. The Labute approximate surface area is 110 Å². The Balaban J connectivity index is 2.22. The summed E-state index contributed by atoms with van der Waals surface area (Å²) in [6.45, 7) is 10.2. The lowest BCUT2D eigenvalue weighted by molar-refractivity contribution is 0.215. The molecule has 1 aliphatic carbocycles. The van der Waals surface area contributed by atoms with E-state index in [1.807, 2.05) is 0 Å². The van der Waals surface area contributed by atoms with Crippen molar-refractivity contribution in [2.75, 3.05) is 33.2 Å². The van der Waals surface area contributed by atoms with Crippen LogP contribution in [0.15, 0.2) is 29.0 Å². The largest absolute Gasteiger partial charge is 0.402 e. The molecule has 1 heterocycles. The summed E-state index contributed by atoms with van der Waals surface area (Å²) < 4.78 is 0. The van der Waals surface area contributed by atoms with E-state index in [-0.39, 0.29) is 0 Å². The smallest absolute Gasteiger partial charge is 0.133 e. The van der Waals surface area contributed by atoms with Gasteiger partial charge < -0.3 is 15.5 Å². The van der Waals surface area contributed by atoms with Crippen molar-refractivity contribution in [1.29, 1.82) is 0 Å². The van der Waals surface area contributed by atoms with Gasteiger partial charge in [0, 0.05) is 43.6 Å². The fraction of sp³-hybridized carbons (Fsp3) is 0.643. The molecule has 1 aliphatic heterocycles. The molecular weight excluding hydrogens is 224 g/mol. The number of amidine groups is 1. The second-order valence-corrected chi connectivity index (χ2v) is 5.30. The van der Waals surface area contributed by atoms with Crippen LogP contribution in [0.2, 0.25) is 0 Å². The van der Waals surface area contributed by atoms with Gasteiger partial charge in [0.2, 0.25) is 0 Å². The number of nitrogens with zero attached hydrogens (tertiary/aromatic N) is 3. The summed E-state index contributed by atoms with van der Waals surface area (Å²) in [5.41, 5.74) is 8.43. The van der Waals surface area contributed by atoms with Gasteiger partial charge in [-0.05, 0) is 25.8 Å². The van der Waals surface area contributed by atoms with Gasteiger partial charge in [0.25, 0.3) is 0 Å². The molecule has 0 bridgehead atoms. The van der Waals surface area contributed by atoms with Gasteiger partial charge in [-0.25, -0.2) is 4.99 Å². The quantitative estimate of drug-likeness (QED) is 0.594. The van der Waals surface area contributed by atoms with Gasteiger partial charge in [0.15, 0.2) is 0 Å². The molecule has 1 fully saturated rings. The first kappa shape index (κ1) is 13.1. The number of aliphatic imine (C=N–C) groups is 1. The van der Waals surface area contributed by atoms with Crippen molar-refractivity contribution in [3.05, 3.63) is 24.0 Å². The summed E-state index contributed by atoms with van der Waals surface area (Å²) in [6, 6.07) is 0. The maximum absolute atomic E-state index is 6.16. The van der Waals surface area contributed by atoms with Gasteiger partial charge >= 0.3 is 0 Å². The Kier molecular flexibility index (Phi) is 4.07. The van der Waals surface area contributed by atoms with E-state index in [4.69, 9.17) is 5.73 Å². The van der Waals surface area contributed by atoms with Crippen LogP contribution in [0.4, 0.5) is 0 Å². The van der Waals surface area contributed by atoms with E-state index in [0.717, 1.165) is 50.6 Å². The monoisotopic (exact) mass is 248 g/mol. The Morgan fingerprint density at radius 1 is 1.39 bits per heavy atom. The maximum atomic E-state index is 6.16. The van der Waals surface area contributed by atoms with Crippen LogP contribution in [0, 0.1) is 5.92 Å². The van der Waals surface area contributed by atoms with Crippen LogP contribution in [0.25, 0.3) is 0 Å². The van der Waals surface area contributed by atoms with E-state index in [2.05, 4.69) is 35.3 Å². The highest BCUT2D eigenvalue weighted by Crippen LogP contribution is 2.31. The van der Waals surface area contributed by atoms with Crippen LogP contribution < -0.4 is 5.73 Å². The van der Waals surface area contributed by atoms with Crippen molar-refractivity contribution < 1.29 is 0 Å². The number of hydrogen-bond donors (Lipinski definition) is 1. The molecule has 0 aromatic carbocycles. The molecule has 100 valence electrons. The lowest BCUT2D eigenvalue weighted by Gasteiger charge is -2.35. The first-order chi connectivity index (χ1) is 8.63. The van der Waals surface area contributed by atoms with E-state index in [1.54, 1.807) is 6.20 Å². The molecule has 2 rings (SSSR count). The first-order valence-electron chi connectivity index (χ1n) is 6.74. The van der Waals surface area contributed by atoms with E-state index in [1.165, 1.54) is 5.57 Å². The van der Waals surface area contributed by atoms with Gasteiger partial charge in [-0.1, -0.05) is 13.5 Å². The van der Waals surface area contributed by atoms with Crippen molar-refractivity contribution in [1.82, 2.24) is 9.80 Å². The Morgan fingerprint density at radius 3 is 2.56 bits per heavy atom. The van der Waals surface area contributed by atoms with Crippen LogP contribution in [0.5, 0.6) is 0 Å². The molecule has 1 saturated heterocycles. The number of likely N-dealkylation sites (N-methyl/N-ethyl adjacent to an activating group) is 1. The molecule has 2 aliphatic rings. The molecule has 0 amide bonds. The SMILES string of the molecule is C=C/N=C(\C1=C(N)CCC1C)N1CCN(C)CC1. The fourth-order valence-electron chi connectivity index (χ4n) is 2.76. The van der Waals surface area contributed by atoms with Crippen molar-refractivity contribution in [2.45, 2.75) is 19.8 Å². The van der Waals surface area contributed by atoms with E-state index < -0.39 is 0 Å². The standard InChI is InChI=1S/C14H24N4/c1-4-16-14(13-11(2)5-6-12(13)15)18-9-7-17(3)8-10-18/h4,11H,1,5-10,15H2,2-3H3/b16-14+. The van der Waals surface area contributed by atoms with Crippen LogP contribution in [0.1, 0.15) is 19.8 Å². The molecular formula is C14H24N4. The predicted molar refractivity (Wildman–Crippen MR) is 76.3 cm³/mol. The van der Waals surface area contributed by atoms with Gasteiger partial charge in [-0.2, -0.15) is 0 Å². The molecule has 0 spiro atoms. The number of nitrogens with two attached hydrogens (primary N) is 1. The molecule has 0 aromatic heterocycles. The molecule has 2 N–H and O–H groups in total. The van der Waals surface area contributed by atoms with Crippen molar-refractivity contribution >= 4 is 5.84 Å². The molecule has 0 radical (unpaired) electrons.